The van der Waals surface area contributed by atoms with Gasteiger partial charge < -0.3 is 19.5 Å². The van der Waals surface area contributed by atoms with Crippen molar-refractivity contribution in [1.29, 1.82) is 0 Å². The van der Waals surface area contributed by atoms with Crippen molar-refractivity contribution in [2.45, 2.75) is 44.5 Å². The van der Waals surface area contributed by atoms with E-state index in [2.05, 4.69) is 15.3 Å². The minimum absolute atomic E-state index is 0.115. The Labute approximate surface area is 193 Å². The van der Waals surface area contributed by atoms with Gasteiger partial charge in [0, 0.05) is 11.9 Å². The molecule has 1 aliphatic rings. The summed E-state index contributed by atoms with van der Waals surface area (Å²) in [6.07, 6.45) is 0. The van der Waals surface area contributed by atoms with Gasteiger partial charge in [0.1, 0.15) is 20.6 Å². The Morgan fingerprint density at radius 2 is 2.03 bits per heavy atom. The van der Waals surface area contributed by atoms with Crippen LogP contribution in [0.3, 0.4) is 0 Å². The number of benzene rings is 1. The van der Waals surface area contributed by atoms with Crippen molar-refractivity contribution < 1.29 is 23.8 Å². The third kappa shape index (κ3) is 4.51. The topological polar surface area (TPSA) is 99.6 Å². The van der Waals surface area contributed by atoms with Crippen LogP contribution in [0.4, 0.5) is 0 Å². The number of carbonyl (C=O) groups excluding carboxylic acids is 2. The lowest BCUT2D eigenvalue weighted by molar-refractivity contribution is -0.120. The number of nitrogens with one attached hydrogen (secondary N) is 1. The third-order valence-electron chi connectivity index (χ3n) is 4.89. The molecule has 0 bridgehead atoms. The van der Waals surface area contributed by atoms with Gasteiger partial charge in [-0.05, 0) is 51.0 Å². The highest BCUT2D eigenvalue weighted by atomic mass is 32.2. The van der Waals surface area contributed by atoms with E-state index in [4.69, 9.17) is 14.2 Å². The first-order chi connectivity index (χ1) is 15.4. The molecule has 0 fully saturated rings. The zero-order chi connectivity index (χ0) is 22.8. The molecule has 3 aromatic rings. The maximum absolute atomic E-state index is 12.8. The predicted octanol–water partition coefficient (Wildman–Crippen LogP) is 4.01. The molecule has 10 heteroatoms. The summed E-state index contributed by atoms with van der Waals surface area (Å²) in [6, 6.07) is 5.60. The number of hydrogen-bond donors (Lipinski definition) is 1. The van der Waals surface area contributed by atoms with Gasteiger partial charge in [0.2, 0.25) is 12.7 Å². The van der Waals surface area contributed by atoms with Gasteiger partial charge in [0.05, 0.1) is 11.9 Å². The molecule has 1 aromatic carbocycles. The van der Waals surface area contributed by atoms with Crippen LogP contribution in [0.5, 0.6) is 11.5 Å². The number of hydrogen-bond acceptors (Lipinski definition) is 9. The van der Waals surface area contributed by atoms with E-state index in [1.54, 1.807) is 13.8 Å². The number of thiophene rings is 1. The maximum atomic E-state index is 12.8. The number of esters is 1. The van der Waals surface area contributed by atoms with Gasteiger partial charge in [0.25, 0.3) is 0 Å². The minimum atomic E-state index is -0.396. The Balaban J connectivity index is 1.49. The summed E-state index contributed by atoms with van der Waals surface area (Å²) in [6.45, 7) is 8.16. The standard InChI is InChI=1S/C22H23N3O5S2/c1-5-28-22(27)18-11(2)17-20(24-13(4)25-21(17)32-18)31-12(3)19(26)23-9-14-6-7-15-16(8-14)30-10-29-15/h6-8,12H,5,9-10H2,1-4H3,(H,23,26)/t12-/m0/s1. The van der Waals surface area contributed by atoms with Crippen molar-refractivity contribution in [3.05, 3.63) is 40.0 Å². The average Bonchev–Trinajstić information content (AvgIpc) is 3.35. The number of rotatable bonds is 7. The largest absolute Gasteiger partial charge is 0.462 e. The third-order valence-corrected chi connectivity index (χ3v) is 7.14. The molecule has 0 unspecified atom stereocenters. The van der Waals surface area contributed by atoms with Crippen LogP contribution in [0, 0.1) is 13.8 Å². The summed E-state index contributed by atoms with van der Waals surface area (Å²) < 4.78 is 15.9. The molecule has 1 atom stereocenters. The fourth-order valence-electron chi connectivity index (χ4n) is 3.29. The van der Waals surface area contributed by atoms with Crippen LogP contribution in [0.15, 0.2) is 23.2 Å². The van der Waals surface area contributed by atoms with E-state index < -0.39 is 5.25 Å². The quantitative estimate of drug-likeness (QED) is 0.312. The van der Waals surface area contributed by atoms with E-state index in [1.165, 1.54) is 23.1 Å². The number of carbonyl (C=O) groups is 2. The second-order valence-electron chi connectivity index (χ2n) is 7.20. The van der Waals surface area contributed by atoms with Gasteiger partial charge in [-0.25, -0.2) is 14.8 Å². The van der Waals surface area contributed by atoms with E-state index in [1.807, 2.05) is 32.0 Å². The SMILES string of the molecule is CCOC(=O)c1sc2nc(C)nc(S[C@@H](C)C(=O)NCc3ccc4c(c3)OCO4)c2c1C. The summed E-state index contributed by atoms with van der Waals surface area (Å²) in [5.74, 6) is 1.50. The van der Waals surface area contributed by atoms with E-state index in [0.717, 1.165) is 16.5 Å². The van der Waals surface area contributed by atoms with Gasteiger partial charge in [-0.2, -0.15) is 0 Å². The van der Waals surface area contributed by atoms with Crippen molar-refractivity contribution in [1.82, 2.24) is 15.3 Å². The van der Waals surface area contributed by atoms with Crippen LogP contribution in [0.1, 0.15) is 40.5 Å². The first-order valence-electron chi connectivity index (χ1n) is 10.1. The van der Waals surface area contributed by atoms with Gasteiger partial charge in [-0.3, -0.25) is 4.79 Å². The van der Waals surface area contributed by atoms with Gasteiger partial charge in [-0.15, -0.1) is 11.3 Å². The van der Waals surface area contributed by atoms with Crippen LogP contribution in [-0.4, -0.2) is 40.5 Å². The first-order valence-corrected chi connectivity index (χ1v) is 11.8. The van der Waals surface area contributed by atoms with Crippen LogP contribution >= 0.6 is 23.1 Å². The number of thioether (sulfide) groups is 1. The lowest BCUT2D eigenvalue weighted by Crippen LogP contribution is -2.30. The molecule has 3 heterocycles. The van der Waals surface area contributed by atoms with Crippen LogP contribution in [0.2, 0.25) is 0 Å². The number of amides is 1. The number of nitrogens with zero attached hydrogens (tertiary/aromatic N) is 2. The Morgan fingerprint density at radius 1 is 1.25 bits per heavy atom. The number of ether oxygens (including phenoxy) is 3. The molecular weight excluding hydrogens is 450 g/mol. The molecule has 1 aliphatic heterocycles. The second-order valence-corrected chi connectivity index (χ2v) is 9.53. The van der Waals surface area contributed by atoms with Gasteiger partial charge in [0.15, 0.2) is 11.5 Å². The van der Waals surface area contributed by atoms with Crippen LogP contribution in [0.25, 0.3) is 10.2 Å². The van der Waals surface area contributed by atoms with Crippen LogP contribution in [-0.2, 0) is 16.1 Å². The Kier molecular flexibility index (Phi) is 6.52. The predicted molar refractivity (Wildman–Crippen MR) is 123 cm³/mol. The lowest BCUT2D eigenvalue weighted by Gasteiger charge is -2.13. The summed E-state index contributed by atoms with van der Waals surface area (Å²) >= 11 is 2.64. The molecular formula is C22H23N3O5S2. The van der Waals surface area contributed by atoms with Crippen LogP contribution < -0.4 is 14.8 Å². The monoisotopic (exact) mass is 473 g/mol. The van der Waals surface area contributed by atoms with Crippen molar-refractivity contribution in [2.75, 3.05) is 13.4 Å². The molecule has 2 aromatic heterocycles. The fourth-order valence-corrected chi connectivity index (χ4v) is 5.55. The molecule has 4 rings (SSSR count). The molecule has 1 amide bonds. The number of fused-ring (bicyclic) bond motifs is 2. The Bertz CT molecular complexity index is 1190. The van der Waals surface area contributed by atoms with Crippen molar-refractivity contribution in [3.8, 4) is 11.5 Å². The summed E-state index contributed by atoms with van der Waals surface area (Å²) in [7, 11) is 0. The molecule has 1 N–H and O–H groups in total. The van der Waals surface area contributed by atoms with E-state index in [-0.39, 0.29) is 18.7 Å². The molecule has 32 heavy (non-hydrogen) atoms. The van der Waals surface area contributed by atoms with Crippen molar-refractivity contribution in [3.63, 3.8) is 0 Å². The molecule has 168 valence electrons. The summed E-state index contributed by atoms with van der Waals surface area (Å²) in [5.41, 5.74) is 1.70. The van der Waals surface area contributed by atoms with Crippen molar-refractivity contribution in [2.24, 2.45) is 0 Å². The smallest absolute Gasteiger partial charge is 0.348 e. The minimum Gasteiger partial charge on any atom is -0.462 e. The molecule has 8 nitrogen and oxygen atoms in total. The summed E-state index contributed by atoms with van der Waals surface area (Å²) in [4.78, 5) is 35.3. The average molecular weight is 474 g/mol. The summed E-state index contributed by atoms with van der Waals surface area (Å²) in [5, 5.41) is 4.04. The van der Waals surface area contributed by atoms with E-state index in [9.17, 15) is 9.59 Å². The highest BCUT2D eigenvalue weighted by Crippen LogP contribution is 2.37. The van der Waals surface area contributed by atoms with Gasteiger partial charge in [-0.1, -0.05) is 17.8 Å². The number of aryl methyl sites for hydroxylation is 2. The molecule has 0 radical (unpaired) electrons. The number of aromatic nitrogens is 2. The van der Waals surface area contributed by atoms with Crippen molar-refractivity contribution >= 4 is 45.2 Å². The molecule has 0 saturated carbocycles. The molecule has 0 spiro atoms. The Morgan fingerprint density at radius 3 is 2.81 bits per heavy atom. The molecule has 0 aliphatic carbocycles. The second kappa shape index (κ2) is 9.33. The normalized spacial score (nSPS) is 13.2. The highest BCUT2D eigenvalue weighted by molar-refractivity contribution is 8.00. The Hall–Kier alpha value is -2.85. The fraction of sp³-hybridized carbons (Fsp3) is 0.364. The van der Waals surface area contributed by atoms with E-state index >= 15 is 0 Å². The van der Waals surface area contributed by atoms with Gasteiger partial charge >= 0.3 is 5.97 Å². The van der Waals surface area contributed by atoms with E-state index in [0.29, 0.717) is 45.2 Å². The lowest BCUT2D eigenvalue weighted by atomic mass is 10.2. The zero-order valence-corrected chi connectivity index (χ0v) is 19.8. The zero-order valence-electron chi connectivity index (χ0n) is 18.2. The molecule has 0 saturated heterocycles. The maximum Gasteiger partial charge on any atom is 0.348 e. The highest BCUT2D eigenvalue weighted by Gasteiger charge is 2.24. The first kappa shape index (κ1) is 22.3.